The zero-order valence-corrected chi connectivity index (χ0v) is 14.3. The van der Waals surface area contributed by atoms with Crippen molar-refractivity contribution >= 4 is 0 Å². The van der Waals surface area contributed by atoms with Crippen molar-refractivity contribution in [1.29, 1.82) is 0 Å². The van der Waals surface area contributed by atoms with Gasteiger partial charge in [-0.2, -0.15) is 0 Å². The number of hydrogen-bond acceptors (Lipinski definition) is 2. The molecular weight excluding hydrogens is 274 g/mol. The predicted molar refractivity (Wildman–Crippen MR) is 85.8 cm³/mol. The normalized spacial score (nSPS) is 61.2. The van der Waals surface area contributed by atoms with Gasteiger partial charge in [-0.3, -0.25) is 0 Å². The summed E-state index contributed by atoms with van der Waals surface area (Å²) in [6, 6.07) is 0.229. The van der Waals surface area contributed by atoms with Gasteiger partial charge < -0.3 is 15.9 Å². The molecule has 4 aliphatic rings. The number of hydrogen-bond donors (Lipinski definition) is 3. The van der Waals surface area contributed by atoms with Gasteiger partial charge in [0.05, 0.1) is 6.10 Å². The van der Waals surface area contributed by atoms with Crippen LogP contribution in [0.5, 0.6) is 0 Å². The Labute approximate surface area is 134 Å². The number of quaternary nitrogens is 1. The fourth-order valence-electron chi connectivity index (χ4n) is 7.39. The van der Waals surface area contributed by atoms with Crippen LogP contribution in [0.1, 0.15) is 65.2 Å². The summed E-state index contributed by atoms with van der Waals surface area (Å²) >= 11 is 0. The minimum atomic E-state index is -0.197. The first-order chi connectivity index (χ1) is 10.4. The molecule has 0 unspecified atom stereocenters. The van der Waals surface area contributed by atoms with E-state index in [2.05, 4.69) is 19.6 Å². The second-order valence-electron chi connectivity index (χ2n) is 9.57. The summed E-state index contributed by atoms with van der Waals surface area (Å²) in [4.78, 5) is 0. The highest BCUT2D eigenvalue weighted by Gasteiger charge is 2.62. The molecular formula is C19H34NO2+. The highest BCUT2D eigenvalue weighted by atomic mass is 16.3. The molecule has 5 N–H and O–H groups in total. The molecule has 0 aromatic rings. The molecule has 4 rings (SSSR count). The van der Waals surface area contributed by atoms with Gasteiger partial charge >= 0.3 is 0 Å². The monoisotopic (exact) mass is 308 g/mol. The highest BCUT2D eigenvalue weighted by molar-refractivity contribution is 5.11. The lowest BCUT2D eigenvalue weighted by Crippen LogP contribution is -2.65. The zero-order chi connectivity index (χ0) is 15.7. The third-order valence-electron chi connectivity index (χ3n) is 8.75. The van der Waals surface area contributed by atoms with Crippen molar-refractivity contribution < 1.29 is 15.9 Å². The molecule has 3 heteroatoms. The Hall–Kier alpha value is -0.120. The van der Waals surface area contributed by atoms with E-state index >= 15 is 0 Å². The van der Waals surface area contributed by atoms with E-state index in [1.807, 2.05) is 0 Å². The summed E-state index contributed by atoms with van der Waals surface area (Å²) in [6.45, 7) is 4.86. The Bertz CT molecular complexity index is 455. The fraction of sp³-hybridized carbons (Fsp3) is 1.00. The lowest BCUT2D eigenvalue weighted by molar-refractivity contribution is -0.435. The molecule has 4 aliphatic carbocycles. The molecule has 0 heterocycles. The first kappa shape index (κ1) is 15.4. The van der Waals surface area contributed by atoms with E-state index in [9.17, 15) is 10.2 Å². The van der Waals surface area contributed by atoms with Gasteiger partial charge in [0.2, 0.25) is 0 Å². The third kappa shape index (κ3) is 1.91. The summed E-state index contributed by atoms with van der Waals surface area (Å²) in [5.74, 6) is 3.00. The van der Waals surface area contributed by atoms with Crippen molar-refractivity contribution in [1.82, 2.24) is 0 Å². The first-order valence-electron chi connectivity index (χ1n) is 9.55. The predicted octanol–water partition coefficient (Wildman–Crippen LogP) is 1.97. The van der Waals surface area contributed by atoms with Crippen LogP contribution in [0.2, 0.25) is 0 Å². The Morgan fingerprint density at radius 2 is 1.59 bits per heavy atom. The number of fused-ring (bicyclic) bond motifs is 5. The standard InChI is InChI=1S/C19H33NO2/c1-18-7-5-12(21)9-11(18)3-4-13-14(18)6-8-19(2)15(13)10-16(20)17(19)22/h11-17,21-22H,3-10,20H2,1-2H3/p+1/t11-,12+,13-,14-,15+,16-,17-,18-,19-/m0/s1. The molecule has 0 amide bonds. The average Bonchev–Trinajstić information content (AvgIpc) is 2.72. The van der Waals surface area contributed by atoms with E-state index in [0.29, 0.717) is 11.3 Å². The van der Waals surface area contributed by atoms with E-state index in [-0.39, 0.29) is 23.7 Å². The lowest BCUT2D eigenvalue weighted by Gasteiger charge is -2.60. The van der Waals surface area contributed by atoms with E-state index in [0.717, 1.165) is 37.0 Å². The fourth-order valence-corrected chi connectivity index (χ4v) is 7.39. The maximum atomic E-state index is 10.7. The summed E-state index contributed by atoms with van der Waals surface area (Å²) in [7, 11) is 0. The molecule has 0 aliphatic heterocycles. The van der Waals surface area contributed by atoms with Crippen molar-refractivity contribution in [3.05, 3.63) is 0 Å². The molecule has 0 radical (unpaired) electrons. The topological polar surface area (TPSA) is 68.1 Å². The Morgan fingerprint density at radius 3 is 2.36 bits per heavy atom. The van der Waals surface area contributed by atoms with Crippen LogP contribution in [0.25, 0.3) is 0 Å². The molecule has 4 saturated carbocycles. The van der Waals surface area contributed by atoms with Gasteiger partial charge in [0.25, 0.3) is 0 Å². The van der Waals surface area contributed by atoms with Crippen LogP contribution in [0.4, 0.5) is 0 Å². The summed E-state index contributed by atoms with van der Waals surface area (Å²) < 4.78 is 0. The second kappa shape index (κ2) is 4.94. The van der Waals surface area contributed by atoms with Crippen LogP contribution in [-0.4, -0.2) is 28.5 Å². The number of rotatable bonds is 0. The molecule has 0 bridgehead atoms. The quantitative estimate of drug-likeness (QED) is 0.640. The second-order valence-corrected chi connectivity index (χ2v) is 9.57. The van der Waals surface area contributed by atoms with Crippen molar-refractivity contribution in [2.24, 2.45) is 34.5 Å². The molecule has 9 atom stereocenters. The van der Waals surface area contributed by atoms with Crippen LogP contribution in [-0.2, 0) is 0 Å². The first-order valence-corrected chi connectivity index (χ1v) is 9.55. The van der Waals surface area contributed by atoms with Gasteiger partial charge in [0, 0.05) is 11.8 Å². The molecule has 0 aromatic carbocycles. The maximum absolute atomic E-state index is 10.7. The third-order valence-corrected chi connectivity index (χ3v) is 8.75. The molecule has 22 heavy (non-hydrogen) atoms. The van der Waals surface area contributed by atoms with Crippen LogP contribution in [0, 0.1) is 34.5 Å². The smallest absolute Gasteiger partial charge is 0.111 e. The molecule has 3 nitrogen and oxygen atoms in total. The van der Waals surface area contributed by atoms with Crippen LogP contribution < -0.4 is 5.73 Å². The molecule has 4 fully saturated rings. The minimum absolute atomic E-state index is 0.0546. The Balaban J connectivity index is 1.63. The molecule has 0 spiro atoms. The number of aliphatic hydroxyl groups excluding tert-OH is 2. The Kier molecular flexibility index (Phi) is 3.46. The minimum Gasteiger partial charge on any atom is -0.393 e. The van der Waals surface area contributed by atoms with Gasteiger partial charge in [-0.1, -0.05) is 13.8 Å². The van der Waals surface area contributed by atoms with E-state index in [4.69, 9.17) is 0 Å². The zero-order valence-electron chi connectivity index (χ0n) is 14.3. The van der Waals surface area contributed by atoms with E-state index in [1.165, 1.54) is 32.1 Å². The summed E-state index contributed by atoms with van der Waals surface area (Å²) in [6.07, 6.45) is 9.18. The van der Waals surface area contributed by atoms with Crippen LogP contribution in [0.15, 0.2) is 0 Å². The van der Waals surface area contributed by atoms with Gasteiger partial charge in [0.1, 0.15) is 12.1 Å². The van der Waals surface area contributed by atoms with Crippen molar-refractivity contribution in [2.75, 3.05) is 0 Å². The van der Waals surface area contributed by atoms with Crippen molar-refractivity contribution in [2.45, 2.75) is 83.5 Å². The summed E-state index contributed by atoms with van der Waals surface area (Å²) in [5.41, 5.74) is 4.81. The van der Waals surface area contributed by atoms with Crippen molar-refractivity contribution in [3.8, 4) is 0 Å². The van der Waals surface area contributed by atoms with Crippen molar-refractivity contribution in [3.63, 3.8) is 0 Å². The maximum Gasteiger partial charge on any atom is 0.111 e. The average molecular weight is 308 g/mol. The van der Waals surface area contributed by atoms with Gasteiger partial charge in [0.15, 0.2) is 0 Å². The molecule has 0 aromatic heterocycles. The van der Waals surface area contributed by atoms with E-state index in [1.54, 1.807) is 0 Å². The Morgan fingerprint density at radius 1 is 0.864 bits per heavy atom. The lowest BCUT2D eigenvalue weighted by atomic mass is 9.45. The SMILES string of the molecule is C[C@]12CC[C@H]3[C@H](CC[C@H]4C[C@H](O)CC[C@@]43C)[C@H]1C[C@H]([NH3+])[C@@H]2O. The molecule has 0 saturated heterocycles. The van der Waals surface area contributed by atoms with Gasteiger partial charge in [-0.05, 0) is 74.0 Å². The van der Waals surface area contributed by atoms with Crippen LogP contribution >= 0.6 is 0 Å². The van der Waals surface area contributed by atoms with Gasteiger partial charge in [-0.25, -0.2) is 0 Å². The van der Waals surface area contributed by atoms with Gasteiger partial charge in [-0.15, -0.1) is 0 Å². The molecule has 126 valence electrons. The van der Waals surface area contributed by atoms with Crippen LogP contribution in [0.3, 0.4) is 0 Å². The summed E-state index contributed by atoms with van der Waals surface area (Å²) in [5, 5.41) is 20.8. The highest BCUT2D eigenvalue weighted by Crippen LogP contribution is 2.65. The largest absolute Gasteiger partial charge is 0.393 e. The number of aliphatic hydroxyl groups is 2. The van der Waals surface area contributed by atoms with E-state index < -0.39 is 0 Å².